The van der Waals surface area contributed by atoms with Crippen LogP contribution in [0.2, 0.25) is 0 Å². The molecular formula is C29H29NO6. The summed E-state index contributed by atoms with van der Waals surface area (Å²) in [7, 11) is 4.85. The first kappa shape index (κ1) is 23.6. The predicted octanol–water partition coefficient (Wildman–Crippen LogP) is 4.67. The van der Waals surface area contributed by atoms with Crippen LogP contribution in [0.1, 0.15) is 28.3 Å². The lowest BCUT2D eigenvalue weighted by Gasteiger charge is -2.37. The number of hydrogen-bond donors (Lipinski definition) is 0. The van der Waals surface area contributed by atoms with Crippen molar-refractivity contribution in [1.29, 1.82) is 0 Å². The fourth-order valence-corrected chi connectivity index (χ4v) is 4.83. The molecule has 0 spiro atoms. The van der Waals surface area contributed by atoms with E-state index >= 15 is 0 Å². The van der Waals surface area contributed by atoms with Gasteiger partial charge in [0.25, 0.3) is 0 Å². The zero-order chi connectivity index (χ0) is 25.1. The molecule has 0 bridgehead atoms. The van der Waals surface area contributed by atoms with Crippen LogP contribution in [-0.2, 0) is 11.2 Å². The average Bonchev–Trinajstić information content (AvgIpc) is 2.94. The van der Waals surface area contributed by atoms with Gasteiger partial charge in [-0.1, -0.05) is 30.3 Å². The van der Waals surface area contributed by atoms with Crippen LogP contribution in [-0.4, -0.2) is 51.9 Å². The number of rotatable bonds is 6. The van der Waals surface area contributed by atoms with E-state index in [2.05, 4.69) is 0 Å². The summed E-state index contributed by atoms with van der Waals surface area (Å²) in [5.74, 6) is 3.03. The van der Waals surface area contributed by atoms with E-state index in [-0.39, 0.29) is 11.9 Å². The van der Waals surface area contributed by atoms with E-state index in [4.69, 9.17) is 23.7 Å². The van der Waals surface area contributed by atoms with E-state index in [0.29, 0.717) is 48.5 Å². The highest BCUT2D eigenvalue weighted by atomic mass is 16.6. The third kappa shape index (κ3) is 4.44. The van der Waals surface area contributed by atoms with E-state index < -0.39 is 0 Å². The number of fused-ring (bicyclic) bond motifs is 2. The summed E-state index contributed by atoms with van der Waals surface area (Å²) >= 11 is 0. The van der Waals surface area contributed by atoms with Crippen molar-refractivity contribution in [2.75, 3.05) is 41.1 Å². The Labute approximate surface area is 210 Å². The molecular weight excluding hydrogens is 458 g/mol. The molecule has 0 radical (unpaired) electrons. The fourth-order valence-electron chi connectivity index (χ4n) is 4.83. The number of carbonyl (C=O) groups is 1. The predicted molar refractivity (Wildman–Crippen MR) is 136 cm³/mol. The molecule has 0 fully saturated rings. The minimum Gasteiger partial charge on any atom is -0.493 e. The first-order valence-corrected chi connectivity index (χ1v) is 11.9. The smallest absolute Gasteiger partial charge is 0.247 e. The largest absolute Gasteiger partial charge is 0.493 e. The molecule has 5 rings (SSSR count). The molecule has 2 heterocycles. The van der Waals surface area contributed by atoms with Gasteiger partial charge in [0.1, 0.15) is 13.2 Å². The van der Waals surface area contributed by atoms with E-state index in [9.17, 15) is 4.79 Å². The Balaban J connectivity index is 1.49. The molecule has 1 atom stereocenters. The van der Waals surface area contributed by atoms with Crippen LogP contribution >= 0.6 is 0 Å². The molecule has 3 aromatic rings. The summed E-state index contributed by atoms with van der Waals surface area (Å²) in [6.07, 6.45) is 4.11. The minimum atomic E-state index is -0.248. The number of nitrogens with zero attached hydrogens (tertiary/aromatic N) is 1. The van der Waals surface area contributed by atoms with Crippen LogP contribution < -0.4 is 23.7 Å². The van der Waals surface area contributed by atoms with Crippen LogP contribution in [0.4, 0.5) is 0 Å². The standard InChI is InChI=1S/C29H29NO6/c1-32-23-17-21-11-12-30(28(20-7-5-4-6-8-20)22(21)18-24(23)33-2)27(31)10-9-19-15-25(34-3)29-26(16-19)35-13-14-36-29/h4-10,15-18,28H,11-14H2,1-3H3/b10-9+. The van der Waals surface area contributed by atoms with Crippen LogP contribution in [0.3, 0.4) is 0 Å². The molecule has 1 amide bonds. The Kier molecular flexibility index (Phi) is 6.71. The Morgan fingerprint density at radius 1 is 0.917 bits per heavy atom. The van der Waals surface area contributed by atoms with Gasteiger partial charge in [0.15, 0.2) is 23.0 Å². The van der Waals surface area contributed by atoms with Crippen molar-refractivity contribution in [3.63, 3.8) is 0 Å². The highest BCUT2D eigenvalue weighted by Gasteiger charge is 2.32. The van der Waals surface area contributed by atoms with E-state index in [1.165, 1.54) is 0 Å². The van der Waals surface area contributed by atoms with Gasteiger partial charge in [0.2, 0.25) is 11.7 Å². The lowest BCUT2D eigenvalue weighted by molar-refractivity contribution is -0.127. The maximum atomic E-state index is 13.6. The lowest BCUT2D eigenvalue weighted by Crippen LogP contribution is -2.39. The van der Waals surface area contributed by atoms with Crippen LogP contribution in [0.15, 0.2) is 60.7 Å². The number of amides is 1. The summed E-state index contributed by atoms with van der Waals surface area (Å²) in [6.45, 7) is 1.53. The van der Waals surface area contributed by atoms with Gasteiger partial charge in [-0.15, -0.1) is 0 Å². The third-order valence-corrected chi connectivity index (χ3v) is 6.54. The molecule has 0 saturated heterocycles. The fraction of sp³-hybridized carbons (Fsp3) is 0.276. The molecule has 36 heavy (non-hydrogen) atoms. The Bertz CT molecular complexity index is 1270. The summed E-state index contributed by atoms with van der Waals surface area (Å²) in [5.41, 5.74) is 4.01. The molecule has 0 saturated carbocycles. The first-order chi connectivity index (χ1) is 17.6. The zero-order valence-corrected chi connectivity index (χ0v) is 20.7. The average molecular weight is 488 g/mol. The third-order valence-electron chi connectivity index (χ3n) is 6.54. The SMILES string of the molecule is COc1cc2c(cc1OC)C(c1ccccc1)N(C(=O)/C=C/c1cc(OC)c3c(c1)OCCO3)CC2. The Morgan fingerprint density at radius 3 is 2.39 bits per heavy atom. The Hall–Kier alpha value is -4.13. The van der Waals surface area contributed by atoms with Gasteiger partial charge < -0.3 is 28.6 Å². The molecule has 0 N–H and O–H groups in total. The van der Waals surface area contributed by atoms with Gasteiger partial charge >= 0.3 is 0 Å². The van der Waals surface area contributed by atoms with Crippen molar-refractivity contribution in [2.24, 2.45) is 0 Å². The summed E-state index contributed by atoms with van der Waals surface area (Å²) in [5, 5.41) is 0. The monoisotopic (exact) mass is 487 g/mol. The van der Waals surface area contributed by atoms with Crippen LogP contribution in [0, 0.1) is 0 Å². The second-order valence-electron chi connectivity index (χ2n) is 8.58. The van der Waals surface area contributed by atoms with Gasteiger partial charge in [-0.25, -0.2) is 0 Å². The van der Waals surface area contributed by atoms with Gasteiger partial charge in [-0.05, 0) is 59.0 Å². The first-order valence-electron chi connectivity index (χ1n) is 11.9. The quantitative estimate of drug-likeness (QED) is 0.471. The van der Waals surface area contributed by atoms with Crippen molar-refractivity contribution in [2.45, 2.75) is 12.5 Å². The Morgan fingerprint density at radius 2 is 1.64 bits per heavy atom. The van der Waals surface area contributed by atoms with Crippen LogP contribution in [0.25, 0.3) is 6.08 Å². The lowest BCUT2D eigenvalue weighted by atomic mass is 9.87. The number of benzene rings is 3. The molecule has 186 valence electrons. The topological polar surface area (TPSA) is 66.5 Å². The van der Waals surface area contributed by atoms with Gasteiger partial charge in [0.05, 0.1) is 27.4 Å². The molecule has 7 nitrogen and oxygen atoms in total. The number of methoxy groups -OCH3 is 3. The maximum absolute atomic E-state index is 13.6. The number of hydrogen-bond acceptors (Lipinski definition) is 6. The van der Waals surface area contributed by atoms with Gasteiger partial charge in [-0.3, -0.25) is 4.79 Å². The number of carbonyl (C=O) groups excluding carboxylic acids is 1. The van der Waals surface area contributed by atoms with Gasteiger partial charge in [-0.2, -0.15) is 0 Å². The van der Waals surface area contributed by atoms with Crippen molar-refractivity contribution < 1.29 is 28.5 Å². The summed E-state index contributed by atoms with van der Waals surface area (Å²) < 4.78 is 28.0. The van der Waals surface area contributed by atoms with Crippen LogP contribution in [0.5, 0.6) is 28.7 Å². The molecule has 3 aromatic carbocycles. The molecule has 0 aliphatic carbocycles. The number of ether oxygens (including phenoxy) is 5. The van der Waals surface area contributed by atoms with Crippen molar-refractivity contribution in [3.8, 4) is 28.7 Å². The van der Waals surface area contributed by atoms with Crippen molar-refractivity contribution in [3.05, 3.63) is 82.9 Å². The molecule has 7 heteroatoms. The van der Waals surface area contributed by atoms with Gasteiger partial charge in [0, 0.05) is 12.6 Å². The zero-order valence-electron chi connectivity index (χ0n) is 20.7. The maximum Gasteiger partial charge on any atom is 0.247 e. The second kappa shape index (κ2) is 10.2. The molecule has 2 aliphatic heterocycles. The highest BCUT2D eigenvalue weighted by molar-refractivity contribution is 5.93. The minimum absolute atomic E-state index is 0.0851. The van der Waals surface area contributed by atoms with Crippen molar-refractivity contribution in [1.82, 2.24) is 4.90 Å². The summed E-state index contributed by atoms with van der Waals surface area (Å²) in [4.78, 5) is 15.5. The van der Waals surface area contributed by atoms with Crippen molar-refractivity contribution >= 4 is 12.0 Å². The molecule has 2 aliphatic rings. The summed E-state index contributed by atoms with van der Waals surface area (Å²) in [6, 6.07) is 17.5. The van der Waals surface area contributed by atoms with E-state index in [1.807, 2.05) is 59.5 Å². The normalized spacial score (nSPS) is 16.4. The molecule has 0 aromatic heterocycles. The van der Waals surface area contributed by atoms with E-state index in [0.717, 1.165) is 28.7 Å². The molecule has 1 unspecified atom stereocenters. The second-order valence-corrected chi connectivity index (χ2v) is 8.58. The van der Waals surface area contributed by atoms with E-state index in [1.54, 1.807) is 33.5 Å². The highest BCUT2D eigenvalue weighted by Crippen LogP contribution is 2.42.